The molecule has 1 aromatic heterocycles. The number of hydrogen-bond donors (Lipinski definition) is 1. The standard InChI is InChI=1S/C13H13ClN2O3/c1-8(2)16-7-9(6-15-16)19-12-10(13(17)18)4-3-5-11(12)14/h3-8H,1-2H3,(H,17,18). The lowest BCUT2D eigenvalue weighted by molar-refractivity contribution is 0.0694. The lowest BCUT2D eigenvalue weighted by Crippen LogP contribution is -2.01. The van der Waals surface area contributed by atoms with Crippen LogP contribution in [0.2, 0.25) is 5.02 Å². The summed E-state index contributed by atoms with van der Waals surface area (Å²) in [6.07, 6.45) is 3.22. The zero-order valence-corrected chi connectivity index (χ0v) is 11.3. The third kappa shape index (κ3) is 2.88. The summed E-state index contributed by atoms with van der Waals surface area (Å²) in [6, 6.07) is 4.78. The van der Waals surface area contributed by atoms with E-state index in [0.29, 0.717) is 5.75 Å². The van der Waals surface area contributed by atoms with Gasteiger partial charge >= 0.3 is 5.97 Å². The van der Waals surface area contributed by atoms with E-state index < -0.39 is 5.97 Å². The predicted octanol–water partition coefficient (Wildman–Crippen LogP) is 3.61. The summed E-state index contributed by atoms with van der Waals surface area (Å²) >= 11 is 5.98. The molecule has 1 aromatic carbocycles. The molecule has 1 heterocycles. The molecule has 1 N–H and O–H groups in total. The van der Waals surface area contributed by atoms with E-state index >= 15 is 0 Å². The lowest BCUT2D eigenvalue weighted by Gasteiger charge is -2.08. The Balaban J connectivity index is 2.34. The van der Waals surface area contributed by atoms with Gasteiger partial charge in [0.05, 0.1) is 17.4 Å². The van der Waals surface area contributed by atoms with Gasteiger partial charge in [-0.05, 0) is 26.0 Å². The van der Waals surface area contributed by atoms with Crippen molar-refractivity contribution in [2.45, 2.75) is 19.9 Å². The molecule has 0 aliphatic rings. The number of nitrogens with zero attached hydrogens (tertiary/aromatic N) is 2. The monoisotopic (exact) mass is 280 g/mol. The van der Waals surface area contributed by atoms with E-state index in [2.05, 4.69) is 5.10 Å². The number of carboxylic acid groups (broad SMARTS) is 1. The van der Waals surface area contributed by atoms with E-state index in [1.165, 1.54) is 12.3 Å². The fraction of sp³-hybridized carbons (Fsp3) is 0.231. The van der Waals surface area contributed by atoms with Gasteiger partial charge in [-0.3, -0.25) is 4.68 Å². The minimum Gasteiger partial charge on any atom is -0.478 e. The van der Waals surface area contributed by atoms with Gasteiger partial charge in [-0.1, -0.05) is 17.7 Å². The molecule has 0 aliphatic heterocycles. The van der Waals surface area contributed by atoms with E-state index in [4.69, 9.17) is 21.4 Å². The molecule has 0 unspecified atom stereocenters. The normalized spacial score (nSPS) is 10.7. The number of hydrogen-bond acceptors (Lipinski definition) is 3. The number of aromatic nitrogens is 2. The summed E-state index contributed by atoms with van der Waals surface area (Å²) in [7, 11) is 0. The molecule has 0 aliphatic carbocycles. The number of halogens is 1. The zero-order valence-electron chi connectivity index (χ0n) is 10.5. The molecular formula is C13H13ClN2O3. The van der Waals surface area contributed by atoms with Gasteiger partial charge in [0, 0.05) is 6.04 Å². The van der Waals surface area contributed by atoms with Crippen molar-refractivity contribution in [1.82, 2.24) is 9.78 Å². The van der Waals surface area contributed by atoms with Crippen molar-refractivity contribution in [3.8, 4) is 11.5 Å². The van der Waals surface area contributed by atoms with Gasteiger partial charge in [0.2, 0.25) is 0 Å². The molecular weight excluding hydrogens is 268 g/mol. The van der Waals surface area contributed by atoms with Crippen molar-refractivity contribution in [2.75, 3.05) is 0 Å². The summed E-state index contributed by atoms with van der Waals surface area (Å²) < 4.78 is 7.25. The predicted molar refractivity (Wildman–Crippen MR) is 71.1 cm³/mol. The Bertz CT molecular complexity index is 608. The summed E-state index contributed by atoms with van der Waals surface area (Å²) in [5.74, 6) is -0.516. The van der Waals surface area contributed by atoms with Crippen LogP contribution in [-0.4, -0.2) is 20.9 Å². The Morgan fingerprint density at radius 1 is 1.47 bits per heavy atom. The van der Waals surface area contributed by atoms with Crippen molar-refractivity contribution in [3.63, 3.8) is 0 Å². The molecule has 0 fully saturated rings. The Labute approximate surface area is 115 Å². The Hall–Kier alpha value is -2.01. The Morgan fingerprint density at radius 2 is 2.21 bits per heavy atom. The maximum Gasteiger partial charge on any atom is 0.339 e. The number of rotatable bonds is 4. The van der Waals surface area contributed by atoms with Crippen LogP contribution in [0.4, 0.5) is 0 Å². The van der Waals surface area contributed by atoms with Crippen molar-refractivity contribution >= 4 is 17.6 Å². The van der Waals surface area contributed by atoms with Crippen molar-refractivity contribution in [3.05, 3.63) is 41.2 Å². The number of benzene rings is 1. The van der Waals surface area contributed by atoms with Gasteiger partial charge in [0.15, 0.2) is 11.5 Å². The fourth-order valence-corrected chi connectivity index (χ4v) is 1.77. The third-order valence-electron chi connectivity index (χ3n) is 2.52. The van der Waals surface area contributed by atoms with Crippen LogP contribution in [-0.2, 0) is 0 Å². The summed E-state index contributed by atoms with van der Waals surface area (Å²) in [5, 5.41) is 13.5. The number of aromatic carboxylic acids is 1. The largest absolute Gasteiger partial charge is 0.478 e. The van der Waals surface area contributed by atoms with E-state index in [0.717, 1.165) is 0 Å². The van der Waals surface area contributed by atoms with E-state index in [-0.39, 0.29) is 22.4 Å². The van der Waals surface area contributed by atoms with Crippen LogP contribution >= 0.6 is 11.6 Å². The van der Waals surface area contributed by atoms with Crippen molar-refractivity contribution in [1.29, 1.82) is 0 Å². The number of ether oxygens (including phenoxy) is 1. The maximum absolute atomic E-state index is 11.1. The molecule has 0 radical (unpaired) electrons. The highest BCUT2D eigenvalue weighted by Gasteiger charge is 2.16. The minimum absolute atomic E-state index is 0.0183. The first-order valence-corrected chi connectivity index (χ1v) is 6.10. The SMILES string of the molecule is CC(C)n1cc(Oc2c(Cl)cccc2C(=O)O)cn1. The highest BCUT2D eigenvalue weighted by molar-refractivity contribution is 6.32. The first kappa shape index (κ1) is 13.4. The van der Waals surface area contributed by atoms with Crippen molar-refractivity contribution < 1.29 is 14.6 Å². The molecule has 0 spiro atoms. The molecule has 6 heteroatoms. The molecule has 0 saturated carbocycles. The molecule has 2 rings (SSSR count). The number of carboxylic acids is 1. The summed E-state index contributed by atoms with van der Waals surface area (Å²) in [5.41, 5.74) is 0.0183. The molecule has 19 heavy (non-hydrogen) atoms. The van der Waals surface area contributed by atoms with E-state index in [1.807, 2.05) is 13.8 Å². The molecule has 0 atom stereocenters. The zero-order chi connectivity index (χ0) is 14.0. The Morgan fingerprint density at radius 3 is 2.79 bits per heavy atom. The van der Waals surface area contributed by atoms with Crippen molar-refractivity contribution in [2.24, 2.45) is 0 Å². The lowest BCUT2D eigenvalue weighted by atomic mass is 10.2. The first-order valence-electron chi connectivity index (χ1n) is 5.73. The third-order valence-corrected chi connectivity index (χ3v) is 2.82. The molecule has 2 aromatic rings. The molecule has 0 saturated heterocycles. The van der Waals surface area contributed by atoms with Crippen LogP contribution in [0.25, 0.3) is 0 Å². The van der Waals surface area contributed by atoms with Gasteiger partial charge in [0.1, 0.15) is 5.56 Å². The first-order chi connectivity index (χ1) is 8.99. The quantitative estimate of drug-likeness (QED) is 0.929. The average molecular weight is 281 g/mol. The molecule has 0 amide bonds. The second-order valence-corrected chi connectivity index (χ2v) is 4.68. The second-order valence-electron chi connectivity index (χ2n) is 4.27. The van der Waals surface area contributed by atoms with Crippen LogP contribution in [0.15, 0.2) is 30.6 Å². The van der Waals surface area contributed by atoms with Gasteiger partial charge < -0.3 is 9.84 Å². The number of carbonyl (C=O) groups is 1. The molecule has 5 nitrogen and oxygen atoms in total. The average Bonchev–Trinajstić information content (AvgIpc) is 2.80. The minimum atomic E-state index is -1.09. The summed E-state index contributed by atoms with van der Waals surface area (Å²) in [4.78, 5) is 11.1. The van der Waals surface area contributed by atoms with Crippen LogP contribution in [0.1, 0.15) is 30.2 Å². The van der Waals surface area contributed by atoms with Gasteiger partial charge in [0.25, 0.3) is 0 Å². The highest BCUT2D eigenvalue weighted by Crippen LogP contribution is 2.33. The second kappa shape index (κ2) is 5.32. The molecule has 0 bridgehead atoms. The van der Waals surface area contributed by atoms with Crippen LogP contribution in [0.3, 0.4) is 0 Å². The van der Waals surface area contributed by atoms with E-state index in [9.17, 15) is 4.79 Å². The van der Waals surface area contributed by atoms with Crippen LogP contribution in [0, 0.1) is 0 Å². The van der Waals surface area contributed by atoms with Crippen LogP contribution < -0.4 is 4.74 Å². The van der Waals surface area contributed by atoms with Crippen LogP contribution in [0.5, 0.6) is 11.5 Å². The van der Waals surface area contributed by atoms with Gasteiger partial charge in [-0.2, -0.15) is 5.10 Å². The van der Waals surface area contributed by atoms with Gasteiger partial charge in [-0.25, -0.2) is 4.79 Å². The highest BCUT2D eigenvalue weighted by atomic mass is 35.5. The topological polar surface area (TPSA) is 64.3 Å². The Kier molecular flexibility index (Phi) is 3.76. The molecule has 100 valence electrons. The maximum atomic E-state index is 11.1. The smallest absolute Gasteiger partial charge is 0.339 e. The fourth-order valence-electron chi connectivity index (χ4n) is 1.55. The number of para-hydroxylation sites is 1. The summed E-state index contributed by atoms with van der Waals surface area (Å²) in [6.45, 7) is 3.96. The van der Waals surface area contributed by atoms with Gasteiger partial charge in [-0.15, -0.1) is 0 Å². The van der Waals surface area contributed by atoms with E-state index in [1.54, 1.807) is 23.0 Å².